The zero-order valence-corrected chi connectivity index (χ0v) is 16.7. The molecule has 2 fully saturated rings. The van der Waals surface area contributed by atoms with Crippen LogP contribution in [-0.2, 0) is 18.9 Å². The van der Waals surface area contributed by atoms with E-state index < -0.39 is 11.6 Å². The molecular weight excluding hydrogens is 328 g/mol. The first kappa shape index (κ1) is 21.0. The topological polar surface area (TPSA) is 36.9 Å². The van der Waals surface area contributed by atoms with Crippen LogP contribution in [0.1, 0.15) is 53.4 Å². The lowest BCUT2D eigenvalue weighted by molar-refractivity contribution is -0.284. The predicted octanol–water partition coefficient (Wildman–Crippen LogP) is 3.91. The lowest BCUT2D eigenvalue weighted by atomic mass is 9.80. The Bertz CT molecular complexity index is 580. The summed E-state index contributed by atoms with van der Waals surface area (Å²) in [5.41, 5.74) is -0.366. The molecule has 0 radical (unpaired) electrons. The fourth-order valence-corrected chi connectivity index (χ4v) is 3.06. The molecule has 0 bridgehead atoms. The van der Waals surface area contributed by atoms with Crippen LogP contribution in [0.2, 0.25) is 0 Å². The molecule has 0 atom stereocenters. The highest BCUT2D eigenvalue weighted by molar-refractivity contribution is 5.10. The fourth-order valence-electron chi connectivity index (χ4n) is 3.06. The molecule has 2 aliphatic rings. The summed E-state index contributed by atoms with van der Waals surface area (Å²) in [5.74, 6) is 8.30. The van der Waals surface area contributed by atoms with Crippen molar-refractivity contribution in [1.29, 1.82) is 0 Å². The first-order chi connectivity index (χ1) is 12.2. The highest BCUT2D eigenvalue weighted by Gasteiger charge is 2.40. The maximum absolute atomic E-state index is 5.86. The second kappa shape index (κ2) is 8.15. The van der Waals surface area contributed by atoms with E-state index in [4.69, 9.17) is 25.4 Å². The summed E-state index contributed by atoms with van der Waals surface area (Å²) in [6.45, 7) is 14.0. The van der Waals surface area contributed by atoms with E-state index in [1.807, 2.05) is 33.8 Å². The largest absolute Gasteiger partial charge is 0.350 e. The van der Waals surface area contributed by atoms with Gasteiger partial charge in [0, 0.05) is 30.1 Å². The molecule has 0 unspecified atom stereocenters. The Morgan fingerprint density at radius 2 is 1.23 bits per heavy atom. The summed E-state index contributed by atoms with van der Waals surface area (Å²) in [4.78, 5) is 0. The lowest BCUT2D eigenvalue weighted by Crippen LogP contribution is -2.46. The van der Waals surface area contributed by atoms with Gasteiger partial charge >= 0.3 is 0 Å². The molecule has 26 heavy (non-hydrogen) atoms. The summed E-state index contributed by atoms with van der Waals surface area (Å²) >= 11 is 0. The molecular formula is C22H32O4. The Kier molecular flexibility index (Phi) is 6.59. The van der Waals surface area contributed by atoms with Crippen LogP contribution in [0.3, 0.4) is 0 Å². The van der Waals surface area contributed by atoms with Gasteiger partial charge in [-0.25, -0.2) is 0 Å². The van der Waals surface area contributed by atoms with Crippen LogP contribution >= 0.6 is 0 Å². The maximum atomic E-state index is 5.86. The number of hydrogen-bond donors (Lipinski definition) is 0. The highest BCUT2D eigenvalue weighted by Crippen LogP contribution is 2.37. The third-order valence-electron chi connectivity index (χ3n) is 5.01. The summed E-state index contributed by atoms with van der Waals surface area (Å²) in [6, 6.07) is 0. The molecule has 0 saturated carbocycles. The van der Waals surface area contributed by atoms with Gasteiger partial charge in [0.05, 0.1) is 26.4 Å². The Hall–Kier alpha value is -1.30. The van der Waals surface area contributed by atoms with Crippen molar-refractivity contribution in [2.45, 2.75) is 65.0 Å². The number of terminal acetylenes is 1. The van der Waals surface area contributed by atoms with Gasteiger partial charge in [0.25, 0.3) is 0 Å². The molecule has 0 aromatic heterocycles. The van der Waals surface area contributed by atoms with Crippen LogP contribution in [0.15, 0.2) is 12.7 Å². The van der Waals surface area contributed by atoms with E-state index in [0.29, 0.717) is 45.7 Å². The first-order valence-electron chi connectivity index (χ1n) is 9.22. The van der Waals surface area contributed by atoms with Crippen molar-refractivity contribution in [2.24, 2.45) is 10.8 Å². The number of hydrogen-bond acceptors (Lipinski definition) is 4. The van der Waals surface area contributed by atoms with Gasteiger partial charge in [0.2, 0.25) is 0 Å². The van der Waals surface area contributed by atoms with Crippen LogP contribution < -0.4 is 0 Å². The van der Waals surface area contributed by atoms with Crippen LogP contribution in [0, 0.1) is 35.0 Å². The van der Waals surface area contributed by atoms with E-state index in [1.54, 1.807) is 0 Å². The summed E-state index contributed by atoms with van der Waals surface area (Å²) in [7, 11) is 0. The molecule has 2 heterocycles. The van der Waals surface area contributed by atoms with Crippen molar-refractivity contribution >= 4 is 0 Å². The van der Waals surface area contributed by atoms with Gasteiger partial charge < -0.3 is 18.9 Å². The van der Waals surface area contributed by atoms with Gasteiger partial charge in [0.1, 0.15) is 0 Å². The second-order valence-electron chi connectivity index (χ2n) is 8.54. The molecule has 0 aromatic carbocycles. The van der Waals surface area contributed by atoms with E-state index in [9.17, 15) is 0 Å². The van der Waals surface area contributed by atoms with Crippen molar-refractivity contribution in [3.8, 4) is 24.2 Å². The summed E-state index contributed by atoms with van der Waals surface area (Å²) in [5, 5.41) is 0. The number of allylic oxidation sites excluding steroid dienone is 1. The minimum Gasteiger partial charge on any atom is -0.350 e. The van der Waals surface area contributed by atoms with E-state index in [1.165, 1.54) is 0 Å². The smallest absolute Gasteiger partial charge is 0.162 e. The minimum absolute atomic E-state index is 0.134. The Balaban J connectivity index is 1.98. The van der Waals surface area contributed by atoms with Gasteiger partial charge in [-0.1, -0.05) is 6.08 Å². The second-order valence-corrected chi connectivity index (χ2v) is 8.54. The molecule has 2 rings (SSSR count). The number of rotatable bonds is 5. The van der Waals surface area contributed by atoms with Crippen molar-refractivity contribution in [3.63, 3.8) is 0 Å². The zero-order valence-electron chi connectivity index (χ0n) is 16.7. The van der Waals surface area contributed by atoms with Crippen molar-refractivity contribution in [2.75, 3.05) is 26.4 Å². The molecule has 0 N–H and O–H groups in total. The van der Waals surface area contributed by atoms with E-state index in [2.05, 4.69) is 24.3 Å². The van der Waals surface area contributed by atoms with Gasteiger partial charge in [0.15, 0.2) is 11.6 Å². The molecule has 4 heteroatoms. The van der Waals surface area contributed by atoms with Gasteiger partial charge in [-0.05, 0) is 34.1 Å². The van der Waals surface area contributed by atoms with E-state index in [-0.39, 0.29) is 10.8 Å². The Morgan fingerprint density at radius 3 is 1.65 bits per heavy atom. The highest BCUT2D eigenvalue weighted by atomic mass is 16.7. The van der Waals surface area contributed by atoms with Gasteiger partial charge in [-0.15, -0.1) is 30.8 Å². The van der Waals surface area contributed by atoms with Crippen molar-refractivity contribution in [1.82, 2.24) is 0 Å². The van der Waals surface area contributed by atoms with Crippen LogP contribution in [0.25, 0.3) is 0 Å². The monoisotopic (exact) mass is 360 g/mol. The molecule has 0 aliphatic carbocycles. The molecule has 2 aliphatic heterocycles. The molecule has 2 saturated heterocycles. The van der Waals surface area contributed by atoms with Crippen LogP contribution in [-0.4, -0.2) is 38.0 Å². The lowest BCUT2D eigenvalue weighted by Gasteiger charge is -2.42. The van der Waals surface area contributed by atoms with Gasteiger partial charge in [-0.2, -0.15) is 0 Å². The van der Waals surface area contributed by atoms with Crippen LogP contribution in [0.5, 0.6) is 0 Å². The van der Waals surface area contributed by atoms with Gasteiger partial charge in [-0.3, -0.25) is 0 Å². The summed E-state index contributed by atoms with van der Waals surface area (Å²) < 4.78 is 23.4. The van der Waals surface area contributed by atoms with Crippen LogP contribution in [0.4, 0.5) is 0 Å². The SMILES string of the molecule is C#CCC1(CC#CCC2(CC=C)COC(C)(C)OC2)COC(C)(C)OC1. The normalized spacial score (nSPS) is 25.3. The maximum Gasteiger partial charge on any atom is 0.162 e. The quantitative estimate of drug-likeness (QED) is 0.550. The molecule has 0 amide bonds. The van der Waals surface area contributed by atoms with Crippen molar-refractivity contribution in [3.05, 3.63) is 12.7 Å². The molecule has 0 aromatic rings. The predicted molar refractivity (Wildman–Crippen MR) is 102 cm³/mol. The fraction of sp³-hybridized carbons (Fsp3) is 0.727. The third-order valence-corrected chi connectivity index (χ3v) is 5.01. The Labute approximate surface area is 158 Å². The van der Waals surface area contributed by atoms with E-state index in [0.717, 1.165) is 6.42 Å². The first-order valence-corrected chi connectivity index (χ1v) is 9.22. The molecule has 144 valence electrons. The van der Waals surface area contributed by atoms with Crippen molar-refractivity contribution < 1.29 is 18.9 Å². The average Bonchev–Trinajstić information content (AvgIpc) is 2.58. The molecule has 0 spiro atoms. The Morgan fingerprint density at radius 1 is 0.808 bits per heavy atom. The minimum atomic E-state index is -0.552. The third kappa shape index (κ3) is 5.60. The molecule has 4 nitrogen and oxygen atoms in total. The summed E-state index contributed by atoms with van der Waals surface area (Å²) in [6.07, 6.45) is 10.2. The average molecular weight is 360 g/mol. The standard InChI is InChI=1S/C22H32O4/c1-7-11-21(15-23-19(3,4)24-16-21)13-9-10-14-22(12-8-2)17-25-20(5,6)26-18-22/h1,8H,2,11-18H2,3-6H3. The van der Waals surface area contributed by atoms with E-state index >= 15 is 0 Å². The number of ether oxygens (including phenoxy) is 4. The zero-order chi connectivity index (χ0) is 19.3.